The van der Waals surface area contributed by atoms with Gasteiger partial charge in [-0.3, -0.25) is 0 Å². The van der Waals surface area contributed by atoms with Gasteiger partial charge in [-0.15, -0.1) is 0 Å². The quantitative estimate of drug-likeness (QED) is 0.289. The van der Waals surface area contributed by atoms with Gasteiger partial charge in [0.05, 0.1) is 0 Å². The van der Waals surface area contributed by atoms with Crippen molar-refractivity contribution in [3.05, 3.63) is 23.8 Å². The third-order valence-electron chi connectivity index (χ3n) is 1.19. The predicted molar refractivity (Wildman–Crippen MR) is 46.0 cm³/mol. The molecule has 0 bridgehead atoms. The van der Waals surface area contributed by atoms with Crippen LogP contribution in [-0.2, 0) is 0 Å². The topological polar surface area (TPSA) is 40.5 Å². The Balaban J connectivity index is -0.000000500. The van der Waals surface area contributed by atoms with Crippen molar-refractivity contribution in [3.63, 3.8) is 0 Å². The second-order valence-corrected chi connectivity index (χ2v) is 2.70. The molecule has 2 N–H and O–H groups in total. The molecule has 0 aliphatic rings. The molecule has 0 aliphatic carbocycles. The van der Waals surface area contributed by atoms with Crippen LogP contribution in [0.4, 0.5) is 0 Å². The Morgan fingerprint density at radius 1 is 1.15 bits per heavy atom. The van der Waals surface area contributed by atoms with Crippen LogP contribution in [0.3, 0.4) is 0 Å². The van der Waals surface area contributed by atoms with Crippen LogP contribution in [0.2, 0.25) is 0 Å². The second kappa shape index (κ2) is 14.3. The summed E-state index contributed by atoms with van der Waals surface area (Å²) in [4.78, 5) is 0. The van der Waals surface area contributed by atoms with Gasteiger partial charge in [-0.2, -0.15) is 0 Å². The average Bonchev–Trinajstić information content (AvgIpc) is 1.85. The van der Waals surface area contributed by atoms with Crippen molar-refractivity contribution >= 4 is 0 Å². The first kappa shape index (κ1) is 20.7. The fourth-order valence-electron chi connectivity index (χ4n) is 0.686. The van der Waals surface area contributed by atoms with Gasteiger partial charge in [-0.05, 0) is 32.8 Å². The van der Waals surface area contributed by atoms with Gasteiger partial charge in [0.2, 0.25) is 0 Å². The van der Waals surface area contributed by atoms with Crippen molar-refractivity contribution in [1.29, 1.82) is 0 Å². The monoisotopic (exact) mass is 610 g/mol. The van der Waals surface area contributed by atoms with Crippen molar-refractivity contribution < 1.29 is 98.3 Å². The maximum atomic E-state index is 8.41. The molecule has 0 aliphatic heterocycles. The molecule has 0 unspecified atom stereocenters. The molecular formula is C9H16Ac2O2. The second-order valence-electron chi connectivity index (χ2n) is 2.70. The van der Waals surface area contributed by atoms with Crippen molar-refractivity contribution in [2.24, 2.45) is 0 Å². The average molecular weight is 610 g/mol. The van der Waals surface area contributed by atoms with E-state index in [1.54, 1.807) is 6.08 Å². The third kappa shape index (κ3) is 20.4. The smallest absolute Gasteiger partial charge is 0.171 e. The van der Waals surface area contributed by atoms with E-state index in [1.807, 2.05) is 13.8 Å². The molecule has 0 aromatic rings. The van der Waals surface area contributed by atoms with Crippen molar-refractivity contribution in [1.82, 2.24) is 0 Å². The number of aliphatic hydroxyl groups is 2. The van der Waals surface area contributed by atoms with Gasteiger partial charge < -0.3 is 10.2 Å². The Morgan fingerprint density at radius 2 is 1.69 bits per heavy atom. The SMILES string of the molecule is CC(C)=CCCC=CC(O)O.[Ac].[Ac]. The van der Waals surface area contributed by atoms with E-state index in [0.29, 0.717) is 0 Å². The number of allylic oxidation sites excluding steroid dienone is 3. The summed E-state index contributed by atoms with van der Waals surface area (Å²) in [6.45, 7) is 4.09. The van der Waals surface area contributed by atoms with E-state index in [0.717, 1.165) is 12.8 Å². The standard InChI is InChI=1S/C9H16O2.2Ac/c1-8(2)6-4-3-5-7-9(10)11;;/h5-7,9-11H,3-4H2,1-2H3;;. The summed E-state index contributed by atoms with van der Waals surface area (Å²) in [5, 5.41) is 16.8. The molecule has 70 valence electrons. The van der Waals surface area contributed by atoms with Crippen LogP contribution in [0, 0.1) is 88.1 Å². The van der Waals surface area contributed by atoms with E-state index in [9.17, 15) is 0 Å². The maximum Gasteiger partial charge on any atom is 0.171 e. The van der Waals surface area contributed by atoms with E-state index in [1.165, 1.54) is 11.6 Å². The summed E-state index contributed by atoms with van der Waals surface area (Å²) in [6.07, 6.45) is 5.78. The van der Waals surface area contributed by atoms with Crippen LogP contribution in [0.1, 0.15) is 26.7 Å². The van der Waals surface area contributed by atoms with E-state index < -0.39 is 6.29 Å². The summed E-state index contributed by atoms with van der Waals surface area (Å²) in [6, 6.07) is 0. The minimum Gasteiger partial charge on any atom is -0.365 e. The third-order valence-corrected chi connectivity index (χ3v) is 1.19. The summed E-state index contributed by atoms with van der Waals surface area (Å²) >= 11 is 0. The van der Waals surface area contributed by atoms with Gasteiger partial charge in [0.25, 0.3) is 0 Å². The zero-order chi connectivity index (χ0) is 8.69. The van der Waals surface area contributed by atoms with Crippen LogP contribution in [0.25, 0.3) is 0 Å². The first-order chi connectivity index (χ1) is 5.13. The number of unbranched alkanes of at least 4 members (excludes halogenated alkanes) is 1. The van der Waals surface area contributed by atoms with E-state index in [-0.39, 0.29) is 88.1 Å². The molecule has 0 amide bonds. The van der Waals surface area contributed by atoms with E-state index in [2.05, 4.69) is 6.08 Å². The van der Waals surface area contributed by atoms with Gasteiger partial charge >= 0.3 is 0 Å². The zero-order valence-electron chi connectivity index (χ0n) is 8.27. The fraction of sp³-hybridized carbons (Fsp3) is 0.556. The van der Waals surface area contributed by atoms with Gasteiger partial charge in [-0.25, -0.2) is 0 Å². The van der Waals surface area contributed by atoms with Crippen LogP contribution >= 0.6 is 0 Å². The summed E-state index contributed by atoms with van der Waals surface area (Å²) in [5.74, 6) is 0. The minimum atomic E-state index is -1.30. The largest absolute Gasteiger partial charge is 0.365 e. The van der Waals surface area contributed by atoms with Gasteiger partial charge in [0.1, 0.15) is 0 Å². The molecule has 4 heteroatoms. The molecule has 2 radical (unpaired) electrons. The molecule has 0 spiro atoms. The summed E-state index contributed by atoms with van der Waals surface area (Å²) in [7, 11) is 0. The maximum absolute atomic E-state index is 8.41. The Labute approximate surface area is 152 Å². The predicted octanol–water partition coefficient (Wildman–Crippen LogP) is 1.60. The van der Waals surface area contributed by atoms with Crippen LogP contribution in [0.15, 0.2) is 23.8 Å². The van der Waals surface area contributed by atoms with Gasteiger partial charge in [0, 0.05) is 88.1 Å². The van der Waals surface area contributed by atoms with Crippen LogP contribution in [-0.4, -0.2) is 16.5 Å². The molecule has 0 heterocycles. The van der Waals surface area contributed by atoms with E-state index in [4.69, 9.17) is 10.2 Å². The number of hydrogen-bond donors (Lipinski definition) is 2. The van der Waals surface area contributed by atoms with Gasteiger partial charge in [-0.1, -0.05) is 17.7 Å². The van der Waals surface area contributed by atoms with Crippen LogP contribution < -0.4 is 0 Å². The van der Waals surface area contributed by atoms with Crippen molar-refractivity contribution in [2.45, 2.75) is 33.0 Å². The Bertz CT molecular complexity index is 150. The minimum absolute atomic E-state index is 0. The first-order valence-corrected chi connectivity index (χ1v) is 3.79. The molecule has 0 saturated carbocycles. The molecule has 0 aromatic heterocycles. The Hall–Kier alpha value is 2.28. The number of hydrogen-bond acceptors (Lipinski definition) is 2. The molecule has 0 saturated heterocycles. The summed E-state index contributed by atoms with van der Waals surface area (Å²) in [5.41, 5.74) is 1.29. The Morgan fingerprint density at radius 3 is 2.08 bits per heavy atom. The van der Waals surface area contributed by atoms with E-state index >= 15 is 0 Å². The molecule has 0 fully saturated rings. The zero-order valence-corrected chi connectivity index (χ0v) is 17.8. The molecule has 13 heavy (non-hydrogen) atoms. The normalized spacial score (nSPS) is 9.31. The first-order valence-electron chi connectivity index (χ1n) is 3.79. The van der Waals surface area contributed by atoms with Crippen molar-refractivity contribution in [2.75, 3.05) is 0 Å². The number of aliphatic hydroxyl groups excluding tert-OH is 1. The summed E-state index contributed by atoms with van der Waals surface area (Å²) < 4.78 is 0. The number of rotatable bonds is 4. The molecule has 2 nitrogen and oxygen atoms in total. The van der Waals surface area contributed by atoms with Gasteiger partial charge in [0.15, 0.2) is 6.29 Å². The van der Waals surface area contributed by atoms with Crippen LogP contribution in [0.5, 0.6) is 0 Å². The molecule has 0 atom stereocenters. The fourth-order valence-corrected chi connectivity index (χ4v) is 0.686. The van der Waals surface area contributed by atoms with Crippen molar-refractivity contribution in [3.8, 4) is 0 Å². The molecular weight excluding hydrogens is 594 g/mol. The Kier molecular flexibility index (Phi) is 22.7. The molecule has 0 aromatic carbocycles. The molecule has 0 rings (SSSR count).